The molecule has 1 aliphatic heterocycles. The van der Waals surface area contributed by atoms with Crippen LogP contribution in [0.3, 0.4) is 0 Å². The van der Waals surface area contributed by atoms with Crippen LogP contribution in [0, 0.1) is 5.92 Å². The first kappa shape index (κ1) is 18.5. The molecule has 0 aromatic heterocycles. The summed E-state index contributed by atoms with van der Waals surface area (Å²) in [6, 6.07) is 3.42. The van der Waals surface area contributed by atoms with Crippen LogP contribution >= 0.6 is 0 Å². The van der Waals surface area contributed by atoms with E-state index in [4.69, 9.17) is 4.74 Å². The predicted octanol–water partition coefficient (Wildman–Crippen LogP) is 3.81. The van der Waals surface area contributed by atoms with E-state index >= 15 is 0 Å². The minimum atomic E-state index is -1.03. The molecule has 140 valence electrons. The fourth-order valence-corrected chi connectivity index (χ4v) is 4.07. The van der Waals surface area contributed by atoms with E-state index in [1.165, 1.54) is 13.5 Å². The molecule has 0 atom stereocenters. The molecule has 1 saturated carbocycles. The highest BCUT2D eigenvalue weighted by atomic mass is 16.5. The van der Waals surface area contributed by atoms with Gasteiger partial charge in [0.05, 0.1) is 7.11 Å². The van der Waals surface area contributed by atoms with Gasteiger partial charge in [-0.05, 0) is 50.8 Å². The molecule has 0 unspecified atom stereocenters. The van der Waals surface area contributed by atoms with E-state index in [9.17, 15) is 14.7 Å². The smallest absolute Gasteiger partial charge is 0.339 e. The van der Waals surface area contributed by atoms with Gasteiger partial charge in [0.1, 0.15) is 11.3 Å². The Labute approximate surface area is 154 Å². The highest BCUT2D eigenvalue weighted by Gasteiger charge is 2.31. The third-order valence-electron chi connectivity index (χ3n) is 5.35. The number of carboxylic acids is 1. The van der Waals surface area contributed by atoms with Crippen molar-refractivity contribution >= 4 is 17.4 Å². The third-order valence-corrected chi connectivity index (χ3v) is 5.35. The molecular weight excluding hydrogens is 330 g/mol. The minimum Gasteiger partial charge on any atom is -0.496 e. The van der Waals surface area contributed by atoms with Crippen molar-refractivity contribution in [1.82, 2.24) is 5.32 Å². The lowest BCUT2D eigenvalue weighted by Crippen LogP contribution is -2.44. The summed E-state index contributed by atoms with van der Waals surface area (Å²) in [4.78, 5) is 24.4. The molecule has 0 saturated heterocycles. The number of nitrogens with one attached hydrogen (secondary N) is 1. The average molecular weight is 357 g/mol. The van der Waals surface area contributed by atoms with Gasteiger partial charge in [0, 0.05) is 28.8 Å². The van der Waals surface area contributed by atoms with E-state index in [2.05, 4.69) is 19.2 Å². The van der Waals surface area contributed by atoms with Gasteiger partial charge in [-0.3, -0.25) is 4.79 Å². The van der Waals surface area contributed by atoms with Crippen LogP contribution in [0.2, 0.25) is 0 Å². The summed E-state index contributed by atoms with van der Waals surface area (Å²) in [7, 11) is 1.48. The number of hydrogen-bond donors (Lipinski definition) is 2. The molecule has 1 heterocycles. The molecule has 1 aromatic carbocycles. The Bertz CT molecular complexity index is 758. The zero-order chi connectivity index (χ0) is 18.9. The second-order valence-corrected chi connectivity index (χ2v) is 8.00. The molecule has 1 aromatic rings. The molecule has 2 N–H and O–H groups in total. The van der Waals surface area contributed by atoms with Crippen molar-refractivity contribution < 1.29 is 19.4 Å². The maximum atomic E-state index is 12.8. The fraction of sp³-hybridized carbons (Fsp3) is 0.524. The molecule has 0 amide bonds. The molecular formula is C21H27NO4. The van der Waals surface area contributed by atoms with Crippen molar-refractivity contribution in [2.24, 2.45) is 5.92 Å². The standard InChI is InChI=1S/C21H27NO4/c1-21(2)12-14-9-19(26-3)16(20(24)25)10-15(14)17(22-21)11-18(23)13-7-5-4-6-8-13/h9-11,13,22H,4-8,12H2,1-3H3,(H,24,25)/b17-11-. The molecule has 1 fully saturated rings. The van der Waals surface area contributed by atoms with E-state index < -0.39 is 5.97 Å². The summed E-state index contributed by atoms with van der Waals surface area (Å²) < 4.78 is 5.26. The quantitative estimate of drug-likeness (QED) is 0.802. The van der Waals surface area contributed by atoms with E-state index in [0.29, 0.717) is 5.75 Å². The summed E-state index contributed by atoms with van der Waals surface area (Å²) in [5.74, 6) is -0.452. The molecule has 26 heavy (non-hydrogen) atoms. The highest BCUT2D eigenvalue weighted by molar-refractivity contribution is 6.00. The SMILES string of the molecule is COc1cc2c(cc1C(=O)O)/C(=C/C(=O)C1CCCCC1)NC(C)(C)C2. The summed E-state index contributed by atoms with van der Waals surface area (Å²) in [5, 5.41) is 12.9. The predicted molar refractivity (Wildman–Crippen MR) is 100 cm³/mol. The third kappa shape index (κ3) is 3.76. The van der Waals surface area contributed by atoms with Gasteiger partial charge in [-0.2, -0.15) is 0 Å². The lowest BCUT2D eigenvalue weighted by Gasteiger charge is -2.36. The van der Waals surface area contributed by atoms with Crippen LogP contribution in [-0.2, 0) is 11.2 Å². The maximum absolute atomic E-state index is 12.8. The van der Waals surface area contributed by atoms with Crippen molar-refractivity contribution in [3.05, 3.63) is 34.9 Å². The topological polar surface area (TPSA) is 75.6 Å². The number of ether oxygens (including phenoxy) is 1. The number of aromatic carboxylic acids is 1. The Morgan fingerprint density at radius 1 is 1.23 bits per heavy atom. The molecule has 0 radical (unpaired) electrons. The lowest BCUT2D eigenvalue weighted by atomic mass is 9.82. The molecule has 5 nitrogen and oxygen atoms in total. The van der Waals surface area contributed by atoms with Crippen LogP contribution in [0.25, 0.3) is 5.70 Å². The Kier molecular flexibility index (Phi) is 5.08. The molecule has 0 spiro atoms. The second kappa shape index (κ2) is 7.14. The van der Waals surface area contributed by atoms with Crippen molar-refractivity contribution in [3.63, 3.8) is 0 Å². The van der Waals surface area contributed by atoms with E-state index in [1.807, 2.05) is 0 Å². The van der Waals surface area contributed by atoms with Crippen LogP contribution in [0.4, 0.5) is 0 Å². The molecule has 0 bridgehead atoms. The second-order valence-electron chi connectivity index (χ2n) is 8.00. The van der Waals surface area contributed by atoms with E-state index in [-0.39, 0.29) is 22.8 Å². The number of allylic oxidation sites excluding steroid dienone is 1. The average Bonchev–Trinajstić information content (AvgIpc) is 2.60. The van der Waals surface area contributed by atoms with Crippen molar-refractivity contribution in [1.29, 1.82) is 0 Å². The zero-order valence-corrected chi connectivity index (χ0v) is 15.7. The van der Waals surface area contributed by atoms with Crippen LogP contribution in [0.1, 0.15) is 67.4 Å². The number of rotatable bonds is 4. The number of ketones is 1. The van der Waals surface area contributed by atoms with Gasteiger partial charge < -0.3 is 15.2 Å². The molecule has 2 aliphatic rings. The van der Waals surface area contributed by atoms with Gasteiger partial charge in [0.15, 0.2) is 5.78 Å². The van der Waals surface area contributed by atoms with Gasteiger partial charge in [0.25, 0.3) is 0 Å². The summed E-state index contributed by atoms with van der Waals surface area (Å²) in [6.07, 6.45) is 7.73. The molecule has 1 aliphatic carbocycles. The fourth-order valence-electron chi connectivity index (χ4n) is 4.07. The lowest BCUT2D eigenvalue weighted by molar-refractivity contribution is -0.119. The number of benzene rings is 1. The summed E-state index contributed by atoms with van der Waals surface area (Å²) in [6.45, 7) is 4.15. The van der Waals surface area contributed by atoms with E-state index in [1.54, 1.807) is 18.2 Å². The number of fused-ring (bicyclic) bond motifs is 1. The van der Waals surface area contributed by atoms with Gasteiger partial charge in [0.2, 0.25) is 0 Å². The first-order chi connectivity index (χ1) is 12.3. The van der Waals surface area contributed by atoms with Crippen LogP contribution in [-0.4, -0.2) is 29.5 Å². The number of hydrogen-bond acceptors (Lipinski definition) is 4. The zero-order valence-electron chi connectivity index (χ0n) is 15.7. The summed E-state index contributed by atoms with van der Waals surface area (Å²) >= 11 is 0. The normalized spacial score (nSPS) is 21.0. The Hall–Kier alpha value is -2.30. The first-order valence-electron chi connectivity index (χ1n) is 9.29. The summed E-state index contributed by atoms with van der Waals surface area (Å²) in [5.41, 5.74) is 2.40. The van der Waals surface area contributed by atoms with Gasteiger partial charge in [-0.25, -0.2) is 4.79 Å². The van der Waals surface area contributed by atoms with E-state index in [0.717, 1.165) is 48.9 Å². The van der Waals surface area contributed by atoms with Crippen molar-refractivity contribution in [2.45, 2.75) is 57.9 Å². The van der Waals surface area contributed by atoms with Crippen LogP contribution in [0.15, 0.2) is 18.2 Å². The minimum absolute atomic E-state index is 0.0868. The Balaban J connectivity index is 2.04. The van der Waals surface area contributed by atoms with Gasteiger partial charge in [-0.1, -0.05) is 19.3 Å². The van der Waals surface area contributed by atoms with Crippen molar-refractivity contribution in [3.8, 4) is 5.75 Å². The first-order valence-corrected chi connectivity index (χ1v) is 9.29. The van der Waals surface area contributed by atoms with Crippen molar-refractivity contribution in [2.75, 3.05) is 7.11 Å². The number of carboxylic acid groups (broad SMARTS) is 1. The maximum Gasteiger partial charge on any atom is 0.339 e. The Morgan fingerprint density at radius 3 is 2.54 bits per heavy atom. The number of carbonyl (C=O) groups excluding carboxylic acids is 1. The largest absolute Gasteiger partial charge is 0.496 e. The van der Waals surface area contributed by atoms with Gasteiger partial charge >= 0.3 is 5.97 Å². The molecule has 3 rings (SSSR count). The van der Waals surface area contributed by atoms with Crippen LogP contribution < -0.4 is 10.1 Å². The van der Waals surface area contributed by atoms with Gasteiger partial charge in [-0.15, -0.1) is 0 Å². The Morgan fingerprint density at radius 2 is 1.92 bits per heavy atom. The number of carbonyl (C=O) groups is 2. The van der Waals surface area contributed by atoms with Crippen LogP contribution in [0.5, 0.6) is 5.75 Å². The monoisotopic (exact) mass is 357 g/mol. The molecule has 5 heteroatoms. The highest BCUT2D eigenvalue weighted by Crippen LogP contribution is 2.35. The number of methoxy groups -OCH3 is 1.